The van der Waals surface area contributed by atoms with Gasteiger partial charge in [0.05, 0.1) is 13.7 Å². The molecule has 4 rings (SSSR count). The number of hydrogen-bond donors (Lipinski definition) is 0. The first-order valence-corrected chi connectivity index (χ1v) is 7.85. The Kier molecular flexibility index (Phi) is 3.51. The molecule has 0 amide bonds. The molecule has 2 nitrogen and oxygen atoms in total. The predicted molar refractivity (Wildman–Crippen MR) is 93.1 cm³/mol. The second-order valence-electron chi connectivity index (χ2n) is 5.71. The molecule has 0 radical (unpaired) electrons. The molecule has 0 saturated carbocycles. The summed E-state index contributed by atoms with van der Waals surface area (Å²) in [5, 5.41) is 0. The van der Waals surface area contributed by atoms with E-state index < -0.39 is 0 Å². The SMILES string of the molecule is COc1ccc(-c2cc(-c3ccccc3)cc3c2OCC3)cc1. The molecule has 0 N–H and O–H groups in total. The van der Waals surface area contributed by atoms with Gasteiger partial charge in [-0.15, -0.1) is 0 Å². The molecule has 2 heteroatoms. The summed E-state index contributed by atoms with van der Waals surface area (Å²) in [6.45, 7) is 0.761. The Hall–Kier alpha value is -2.74. The Morgan fingerprint density at radius 3 is 2.35 bits per heavy atom. The summed E-state index contributed by atoms with van der Waals surface area (Å²) in [6.07, 6.45) is 0.971. The molecule has 0 spiro atoms. The highest BCUT2D eigenvalue weighted by Gasteiger charge is 2.19. The molecular weight excluding hydrogens is 284 g/mol. The predicted octanol–water partition coefficient (Wildman–Crippen LogP) is 4.96. The van der Waals surface area contributed by atoms with E-state index in [0.29, 0.717) is 0 Å². The van der Waals surface area contributed by atoms with E-state index in [0.717, 1.165) is 35.7 Å². The lowest BCUT2D eigenvalue weighted by molar-refractivity contribution is 0.358. The summed E-state index contributed by atoms with van der Waals surface area (Å²) < 4.78 is 11.2. The molecule has 1 heterocycles. The second-order valence-corrected chi connectivity index (χ2v) is 5.71. The molecule has 0 aliphatic carbocycles. The average molecular weight is 302 g/mol. The normalized spacial score (nSPS) is 12.6. The number of methoxy groups -OCH3 is 1. The Bertz CT molecular complexity index is 820. The largest absolute Gasteiger partial charge is 0.497 e. The monoisotopic (exact) mass is 302 g/mol. The lowest BCUT2D eigenvalue weighted by Gasteiger charge is -2.12. The minimum absolute atomic E-state index is 0.761. The molecule has 0 atom stereocenters. The molecule has 0 unspecified atom stereocenters. The van der Waals surface area contributed by atoms with Crippen molar-refractivity contribution in [2.24, 2.45) is 0 Å². The van der Waals surface area contributed by atoms with Crippen LogP contribution in [-0.4, -0.2) is 13.7 Å². The van der Waals surface area contributed by atoms with Crippen LogP contribution in [0.5, 0.6) is 11.5 Å². The van der Waals surface area contributed by atoms with Gasteiger partial charge in [-0.2, -0.15) is 0 Å². The second kappa shape index (κ2) is 5.81. The summed E-state index contributed by atoms with van der Waals surface area (Å²) in [5.74, 6) is 1.89. The molecule has 0 fully saturated rings. The molecule has 114 valence electrons. The fourth-order valence-corrected chi connectivity index (χ4v) is 3.09. The molecule has 0 saturated heterocycles. The zero-order chi connectivity index (χ0) is 15.6. The van der Waals surface area contributed by atoms with Crippen molar-refractivity contribution in [3.8, 4) is 33.8 Å². The topological polar surface area (TPSA) is 18.5 Å². The molecule has 1 aliphatic rings. The quantitative estimate of drug-likeness (QED) is 0.680. The van der Waals surface area contributed by atoms with Gasteiger partial charge in [0.25, 0.3) is 0 Å². The van der Waals surface area contributed by atoms with Crippen LogP contribution in [0.3, 0.4) is 0 Å². The lowest BCUT2D eigenvalue weighted by atomic mass is 9.94. The summed E-state index contributed by atoms with van der Waals surface area (Å²) in [6, 6.07) is 23.1. The highest BCUT2D eigenvalue weighted by Crippen LogP contribution is 2.40. The maximum Gasteiger partial charge on any atom is 0.130 e. The third-order valence-corrected chi connectivity index (χ3v) is 4.29. The van der Waals surface area contributed by atoms with E-state index in [1.165, 1.54) is 16.7 Å². The van der Waals surface area contributed by atoms with Gasteiger partial charge in [-0.3, -0.25) is 0 Å². The van der Waals surface area contributed by atoms with Gasteiger partial charge in [0.15, 0.2) is 0 Å². The van der Waals surface area contributed by atoms with Gasteiger partial charge in [0, 0.05) is 12.0 Å². The minimum atomic E-state index is 0.761. The van der Waals surface area contributed by atoms with Crippen LogP contribution in [0.4, 0.5) is 0 Å². The summed E-state index contributed by atoms with van der Waals surface area (Å²) in [5.41, 5.74) is 6.07. The first kappa shape index (κ1) is 13.9. The summed E-state index contributed by atoms with van der Waals surface area (Å²) in [7, 11) is 1.69. The van der Waals surface area contributed by atoms with Crippen molar-refractivity contribution in [3.63, 3.8) is 0 Å². The number of hydrogen-bond acceptors (Lipinski definition) is 2. The molecule has 0 bridgehead atoms. The first-order chi connectivity index (χ1) is 11.3. The van der Waals surface area contributed by atoms with E-state index in [-0.39, 0.29) is 0 Å². The van der Waals surface area contributed by atoms with E-state index >= 15 is 0 Å². The zero-order valence-electron chi connectivity index (χ0n) is 13.1. The van der Waals surface area contributed by atoms with Crippen molar-refractivity contribution in [3.05, 3.63) is 72.3 Å². The van der Waals surface area contributed by atoms with Gasteiger partial charge in [0.2, 0.25) is 0 Å². The van der Waals surface area contributed by atoms with Crippen molar-refractivity contribution in [1.29, 1.82) is 0 Å². The van der Waals surface area contributed by atoms with Crippen molar-refractivity contribution in [2.45, 2.75) is 6.42 Å². The van der Waals surface area contributed by atoms with E-state index in [9.17, 15) is 0 Å². The fraction of sp³-hybridized carbons (Fsp3) is 0.143. The van der Waals surface area contributed by atoms with Gasteiger partial charge < -0.3 is 9.47 Å². The van der Waals surface area contributed by atoms with Gasteiger partial charge in [-0.1, -0.05) is 42.5 Å². The van der Waals surface area contributed by atoms with E-state index in [1.54, 1.807) is 7.11 Å². The average Bonchev–Trinajstić information content (AvgIpc) is 3.10. The zero-order valence-corrected chi connectivity index (χ0v) is 13.1. The Balaban J connectivity index is 1.86. The lowest BCUT2D eigenvalue weighted by Crippen LogP contribution is -1.90. The van der Waals surface area contributed by atoms with Gasteiger partial charge in [-0.25, -0.2) is 0 Å². The number of rotatable bonds is 3. The van der Waals surface area contributed by atoms with Crippen molar-refractivity contribution in [2.75, 3.05) is 13.7 Å². The van der Waals surface area contributed by atoms with Gasteiger partial charge >= 0.3 is 0 Å². The molecule has 23 heavy (non-hydrogen) atoms. The minimum Gasteiger partial charge on any atom is -0.497 e. The fourth-order valence-electron chi connectivity index (χ4n) is 3.09. The molecule has 3 aromatic carbocycles. The van der Waals surface area contributed by atoms with Crippen LogP contribution >= 0.6 is 0 Å². The molecule has 3 aromatic rings. The number of benzene rings is 3. The van der Waals surface area contributed by atoms with Gasteiger partial charge in [-0.05, 0) is 46.5 Å². The van der Waals surface area contributed by atoms with Crippen molar-refractivity contribution >= 4 is 0 Å². The van der Waals surface area contributed by atoms with E-state index in [2.05, 4.69) is 48.5 Å². The van der Waals surface area contributed by atoms with Crippen LogP contribution < -0.4 is 9.47 Å². The third kappa shape index (κ3) is 2.57. The Morgan fingerprint density at radius 2 is 1.61 bits per heavy atom. The highest BCUT2D eigenvalue weighted by atomic mass is 16.5. The number of fused-ring (bicyclic) bond motifs is 1. The molecular formula is C21H18O2. The van der Waals surface area contributed by atoms with E-state index in [1.807, 2.05) is 18.2 Å². The van der Waals surface area contributed by atoms with Crippen LogP contribution in [0.25, 0.3) is 22.3 Å². The Labute approximate surface area is 136 Å². The first-order valence-electron chi connectivity index (χ1n) is 7.85. The highest BCUT2D eigenvalue weighted by molar-refractivity contribution is 5.80. The van der Waals surface area contributed by atoms with Crippen molar-refractivity contribution < 1.29 is 9.47 Å². The Morgan fingerprint density at radius 1 is 0.826 bits per heavy atom. The van der Waals surface area contributed by atoms with Crippen molar-refractivity contribution in [1.82, 2.24) is 0 Å². The van der Waals surface area contributed by atoms with E-state index in [4.69, 9.17) is 9.47 Å². The van der Waals surface area contributed by atoms with Crippen LogP contribution in [0.1, 0.15) is 5.56 Å². The molecule has 0 aromatic heterocycles. The van der Waals surface area contributed by atoms with Gasteiger partial charge in [0.1, 0.15) is 11.5 Å². The maximum absolute atomic E-state index is 5.90. The van der Waals surface area contributed by atoms with Crippen LogP contribution in [0, 0.1) is 0 Å². The van der Waals surface area contributed by atoms with Crippen LogP contribution in [0.15, 0.2) is 66.7 Å². The smallest absolute Gasteiger partial charge is 0.130 e. The van der Waals surface area contributed by atoms with Crippen LogP contribution in [0.2, 0.25) is 0 Å². The van der Waals surface area contributed by atoms with Crippen LogP contribution in [-0.2, 0) is 6.42 Å². The maximum atomic E-state index is 5.90. The molecule has 1 aliphatic heterocycles. The third-order valence-electron chi connectivity index (χ3n) is 4.29. The summed E-state index contributed by atoms with van der Waals surface area (Å²) in [4.78, 5) is 0. The summed E-state index contributed by atoms with van der Waals surface area (Å²) >= 11 is 0. The standard InChI is InChI=1S/C21H18O2/c1-22-19-9-7-16(8-10-19)20-14-18(15-5-3-2-4-6-15)13-17-11-12-23-21(17)20/h2-10,13-14H,11-12H2,1H3. The number of ether oxygens (including phenoxy) is 2.